The molecule has 0 aliphatic carbocycles. The van der Waals surface area contributed by atoms with E-state index in [2.05, 4.69) is 11.8 Å². The van der Waals surface area contributed by atoms with Gasteiger partial charge in [0.25, 0.3) is 0 Å². The molecule has 0 bridgehead atoms. The second-order valence-corrected chi connectivity index (χ2v) is 4.80. The summed E-state index contributed by atoms with van der Waals surface area (Å²) in [6.45, 7) is 2.86. The minimum Gasteiger partial charge on any atom is -0.395 e. The molecule has 0 spiro atoms. The van der Waals surface area contributed by atoms with Crippen LogP contribution in [0.1, 0.15) is 36.8 Å². The Morgan fingerprint density at radius 3 is 2.95 bits per heavy atom. The molecule has 3 nitrogen and oxygen atoms in total. The highest BCUT2D eigenvalue weighted by Crippen LogP contribution is 2.25. The number of anilines is 1. The zero-order chi connectivity index (χ0) is 13.7. The van der Waals surface area contributed by atoms with Gasteiger partial charge in [0.2, 0.25) is 5.91 Å². The van der Waals surface area contributed by atoms with E-state index in [1.165, 1.54) is 0 Å². The largest absolute Gasteiger partial charge is 0.395 e. The molecule has 1 N–H and O–H groups in total. The molecule has 100 valence electrons. The van der Waals surface area contributed by atoms with Gasteiger partial charge in [0.05, 0.1) is 12.3 Å². The van der Waals surface area contributed by atoms with Gasteiger partial charge in [-0.05, 0) is 37.5 Å². The number of aryl methyl sites for hydroxylation is 1. The summed E-state index contributed by atoms with van der Waals surface area (Å²) in [7, 11) is 0. The number of aliphatic hydroxyl groups excluding tert-OH is 1. The second-order valence-electron chi connectivity index (χ2n) is 4.80. The van der Waals surface area contributed by atoms with Crippen LogP contribution in [0.15, 0.2) is 18.2 Å². The number of rotatable bonds is 2. The summed E-state index contributed by atoms with van der Waals surface area (Å²) >= 11 is 0. The van der Waals surface area contributed by atoms with Gasteiger partial charge in [-0.2, -0.15) is 0 Å². The molecule has 1 aromatic carbocycles. The Morgan fingerprint density at radius 2 is 2.21 bits per heavy atom. The normalized spacial score (nSPS) is 15.1. The van der Waals surface area contributed by atoms with Crippen LogP contribution in [-0.2, 0) is 4.79 Å². The van der Waals surface area contributed by atoms with Crippen LogP contribution in [0.3, 0.4) is 0 Å². The molecule has 0 saturated carbocycles. The molecule has 1 aliphatic rings. The van der Waals surface area contributed by atoms with Crippen molar-refractivity contribution in [3.05, 3.63) is 29.3 Å². The van der Waals surface area contributed by atoms with Crippen molar-refractivity contribution < 1.29 is 9.90 Å². The molecular weight excluding hydrogens is 238 g/mol. The average molecular weight is 257 g/mol. The summed E-state index contributed by atoms with van der Waals surface area (Å²) in [5, 5.41) is 8.78. The van der Waals surface area contributed by atoms with Crippen LogP contribution in [0.5, 0.6) is 0 Å². The molecular formula is C16H19NO2. The summed E-state index contributed by atoms with van der Waals surface area (Å²) in [5.41, 5.74) is 2.91. The van der Waals surface area contributed by atoms with Crippen molar-refractivity contribution in [3.8, 4) is 11.8 Å². The van der Waals surface area contributed by atoms with Gasteiger partial charge < -0.3 is 10.0 Å². The van der Waals surface area contributed by atoms with Crippen LogP contribution in [0.25, 0.3) is 0 Å². The maximum Gasteiger partial charge on any atom is 0.227 e. The Morgan fingerprint density at radius 1 is 1.37 bits per heavy atom. The standard InChI is InChI=1S/C16H19NO2/c1-13-8-9-14(6-3-5-11-18)15(12-13)17-10-4-2-7-16(17)19/h8-9,12,18H,2,4-5,7,10-11H2,1H3. The fraction of sp³-hybridized carbons (Fsp3) is 0.438. The maximum atomic E-state index is 12.0. The molecule has 1 fully saturated rings. The third-order valence-electron chi connectivity index (χ3n) is 3.23. The van der Waals surface area contributed by atoms with Gasteiger partial charge in [-0.15, -0.1) is 0 Å². The topological polar surface area (TPSA) is 40.5 Å². The summed E-state index contributed by atoms with van der Waals surface area (Å²) in [5.74, 6) is 6.16. The van der Waals surface area contributed by atoms with E-state index in [1.807, 2.05) is 30.0 Å². The highest BCUT2D eigenvalue weighted by Gasteiger charge is 2.21. The van der Waals surface area contributed by atoms with E-state index in [1.54, 1.807) is 0 Å². The molecule has 0 radical (unpaired) electrons. The summed E-state index contributed by atoms with van der Waals surface area (Å²) in [6, 6.07) is 5.98. The lowest BCUT2D eigenvalue weighted by atomic mass is 10.0. The number of carbonyl (C=O) groups is 1. The minimum atomic E-state index is 0.0663. The Balaban J connectivity index is 2.34. The van der Waals surface area contributed by atoms with Gasteiger partial charge in [-0.1, -0.05) is 17.9 Å². The molecule has 0 aromatic heterocycles. The Hall–Kier alpha value is -1.79. The predicted molar refractivity (Wildman–Crippen MR) is 76.0 cm³/mol. The Bertz CT molecular complexity index is 525. The average Bonchev–Trinajstić information content (AvgIpc) is 2.41. The van der Waals surface area contributed by atoms with E-state index in [-0.39, 0.29) is 12.5 Å². The van der Waals surface area contributed by atoms with Gasteiger partial charge in [-0.25, -0.2) is 0 Å². The van der Waals surface area contributed by atoms with E-state index in [4.69, 9.17) is 5.11 Å². The molecule has 1 amide bonds. The Labute approximate surface area is 114 Å². The van der Waals surface area contributed by atoms with Gasteiger partial charge in [-0.3, -0.25) is 4.79 Å². The van der Waals surface area contributed by atoms with Crippen molar-refractivity contribution in [2.75, 3.05) is 18.1 Å². The smallest absolute Gasteiger partial charge is 0.227 e. The Kier molecular flexibility index (Phi) is 4.59. The number of amides is 1. The predicted octanol–water partition coefficient (Wildman–Crippen LogP) is 2.25. The van der Waals surface area contributed by atoms with Crippen molar-refractivity contribution >= 4 is 11.6 Å². The molecule has 0 atom stereocenters. The van der Waals surface area contributed by atoms with E-state index >= 15 is 0 Å². The lowest BCUT2D eigenvalue weighted by Gasteiger charge is -2.28. The second kappa shape index (κ2) is 6.40. The number of carbonyl (C=O) groups excluding carboxylic acids is 1. The summed E-state index contributed by atoms with van der Waals surface area (Å²) in [4.78, 5) is 13.9. The molecule has 1 aliphatic heterocycles. The first-order valence-corrected chi connectivity index (χ1v) is 6.73. The van der Waals surface area contributed by atoms with Crippen LogP contribution in [0.4, 0.5) is 5.69 Å². The molecule has 1 saturated heterocycles. The highest BCUT2D eigenvalue weighted by molar-refractivity contribution is 5.95. The van der Waals surface area contributed by atoms with E-state index in [9.17, 15) is 4.79 Å². The van der Waals surface area contributed by atoms with Crippen molar-refractivity contribution in [1.29, 1.82) is 0 Å². The maximum absolute atomic E-state index is 12.0. The molecule has 19 heavy (non-hydrogen) atoms. The number of hydrogen-bond donors (Lipinski definition) is 1. The number of piperidine rings is 1. The van der Waals surface area contributed by atoms with Crippen molar-refractivity contribution in [3.63, 3.8) is 0 Å². The van der Waals surface area contributed by atoms with Crippen LogP contribution in [0, 0.1) is 18.8 Å². The fourth-order valence-electron chi connectivity index (χ4n) is 2.24. The van der Waals surface area contributed by atoms with Gasteiger partial charge in [0, 0.05) is 24.9 Å². The molecule has 1 aromatic rings. The van der Waals surface area contributed by atoms with Crippen molar-refractivity contribution in [2.45, 2.75) is 32.6 Å². The van der Waals surface area contributed by atoms with Gasteiger partial charge in [0.15, 0.2) is 0 Å². The van der Waals surface area contributed by atoms with Crippen LogP contribution in [0.2, 0.25) is 0 Å². The third kappa shape index (κ3) is 3.36. The minimum absolute atomic E-state index is 0.0663. The molecule has 1 heterocycles. The number of nitrogens with zero attached hydrogens (tertiary/aromatic N) is 1. The first-order chi connectivity index (χ1) is 9.22. The van der Waals surface area contributed by atoms with Crippen molar-refractivity contribution in [1.82, 2.24) is 0 Å². The first kappa shape index (κ1) is 13.6. The zero-order valence-electron chi connectivity index (χ0n) is 11.3. The zero-order valence-corrected chi connectivity index (χ0v) is 11.3. The third-order valence-corrected chi connectivity index (χ3v) is 3.23. The van der Waals surface area contributed by atoms with Gasteiger partial charge in [0.1, 0.15) is 0 Å². The van der Waals surface area contributed by atoms with Crippen LogP contribution in [-0.4, -0.2) is 24.2 Å². The lowest BCUT2D eigenvalue weighted by Crippen LogP contribution is -2.35. The van der Waals surface area contributed by atoms with Crippen LogP contribution < -0.4 is 4.90 Å². The van der Waals surface area contributed by atoms with Gasteiger partial charge >= 0.3 is 0 Å². The highest BCUT2D eigenvalue weighted by atomic mass is 16.2. The number of benzene rings is 1. The first-order valence-electron chi connectivity index (χ1n) is 6.73. The van der Waals surface area contributed by atoms with Crippen molar-refractivity contribution in [2.24, 2.45) is 0 Å². The van der Waals surface area contributed by atoms with Crippen LogP contribution >= 0.6 is 0 Å². The lowest BCUT2D eigenvalue weighted by molar-refractivity contribution is -0.119. The monoisotopic (exact) mass is 257 g/mol. The number of aliphatic hydroxyl groups is 1. The molecule has 2 rings (SSSR count). The van der Waals surface area contributed by atoms with E-state index in [0.29, 0.717) is 12.8 Å². The fourth-order valence-corrected chi connectivity index (χ4v) is 2.24. The SMILES string of the molecule is Cc1ccc(C#CCCO)c(N2CCCCC2=O)c1. The van der Waals surface area contributed by atoms with E-state index < -0.39 is 0 Å². The number of hydrogen-bond acceptors (Lipinski definition) is 2. The summed E-state index contributed by atoms with van der Waals surface area (Å²) < 4.78 is 0. The summed E-state index contributed by atoms with van der Waals surface area (Å²) in [6.07, 6.45) is 3.11. The molecule has 0 unspecified atom stereocenters. The molecule has 3 heteroatoms. The van der Waals surface area contributed by atoms with E-state index in [0.717, 1.165) is 36.2 Å². The quantitative estimate of drug-likeness (QED) is 0.825.